The first-order valence-electron chi connectivity index (χ1n) is 7.66. The quantitative estimate of drug-likeness (QED) is 0.843. The highest BCUT2D eigenvalue weighted by Crippen LogP contribution is 2.28. The molecule has 122 valence electrons. The average Bonchev–Trinajstić information content (AvgIpc) is 2.67. The van der Waals surface area contributed by atoms with Crippen LogP contribution in [0.25, 0.3) is 0 Å². The molecule has 0 radical (unpaired) electrons. The molecular formula is C14H26N2O4S. The first-order chi connectivity index (χ1) is 9.67. The molecule has 2 fully saturated rings. The van der Waals surface area contributed by atoms with Crippen molar-refractivity contribution in [3.8, 4) is 0 Å². The lowest BCUT2D eigenvalue weighted by atomic mass is 9.91. The molecular weight excluding hydrogens is 292 g/mol. The van der Waals surface area contributed by atoms with Crippen LogP contribution < -0.4 is 5.32 Å². The molecule has 1 heterocycles. The van der Waals surface area contributed by atoms with Crippen molar-refractivity contribution in [2.75, 3.05) is 12.3 Å². The number of nitrogens with one attached hydrogen (secondary N) is 1. The summed E-state index contributed by atoms with van der Waals surface area (Å²) in [6.45, 7) is 6.16. The van der Waals surface area contributed by atoms with Gasteiger partial charge in [0.25, 0.3) is 0 Å². The third-order valence-electron chi connectivity index (χ3n) is 3.96. The van der Waals surface area contributed by atoms with Gasteiger partial charge in [-0.25, -0.2) is 13.2 Å². The van der Waals surface area contributed by atoms with Crippen molar-refractivity contribution in [3.05, 3.63) is 0 Å². The Morgan fingerprint density at radius 1 is 1.19 bits per heavy atom. The van der Waals surface area contributed by atoms with Gasteiger partial charge in [-0.3, -0.25) is 0 Å². The summed E-state index contributed by atoms with van der Waals surface area (Å²) < 4.78 is 30.7. The van der Waals surface area contributed by atoms with E-state index in [1.807, 2.05) is 20.8 Å². The van der Waals surface area contributed by atoms with Crippen LogP contribution in [0.15, 0.2) is 0 Å². The van der Waals surface area contributed by atoms with E-state index in [4.69, 9.17) is 4.74 Å². The summed E-state index contributed by atoms with van der Waals surface area (Å²) in [6.07, 6.45) is 3.56. The second kappa shape index (κ2) is 6.12. The number of alkyl carbamates (subject to hydrolysis) is 1. The predicted molar refractivity (Wildman–Crippen MR) is 80.5 cm³/mol. The standard InChI is InChI=1S/C14H26N2O4S/c1-14(2,3)20-13(17)15-11-5-7-12(8-6-11)16-9-4-10-21(16,18)19/h11-12H,4-10H2,1-3H3,(H,15,17)/t11-,12-. The molecule has 0 aromatic rings. The highest BCUT2D eigenvalue weighted by atomic mass is 32.2. The van der Waals surface area contributed by atoms with Crippen molar-refractivity contribution in [2.45, 2.75) is 70.6 Å². The second-order valence-corrected chi connectivity index (χ2v) is 8.97. The molecule has 0 aromatic heterocycles. The normalized spacial score (nSPS) is 30.0. The van der Waals surface area contributed by atoms with Crippen LogP contribution in [-0.2, 0) is 14.8 Å². The lowest BCUT2D eigenvalue weighted by molar-refractivity contribution is 0.0485. The summed E-state index contributed by atoms with van der Waals surface area (Å²) in [7, 11) is -3.03. The summed E-state index contributed by atoms with van der Waals surface area (Å²) in [6, 6.07) is 0.190. The maximum absolute atomic E-state index is 11.9. The fraction of sp³-hybridized carbons (Fsp3) is 0.929. The Morgan fingerprint density at radius 2 is 1.81 bits per heavy atom. The van der Waals surface area contributed by atoms with Gasteiger partial charge in [0.1, 0.15) is 5.60 Å². The molecule has 6 nitrogen and oxygen atoms in total. The van der Waals surface area contributed by atoms with Gasteiger partial charge in [0.2, 0.25) is 10.0 Å². The second-order valence-electron chi connectivity index (χ2n) is 6.93. The highest BCUT2D eigenvalue weighted by molar-refractivity contribution is 7.89. The van der Waals surface area contributed by atoms with Crippen molar-refractivity contribution in [2.24, 2.45) is 0 Å². The van der Waals surface area contributed by atoms with Gasteiger partial charge < -0.3 is 10.1 Å². The fourth-order valence-corrected chi connectivity index (χ4v) is 4.85. The van der Waals surface area contributed by atoms with Crippen LogP contribution in [0.2, 0.25) is 0 Å². The van der Waals surface area contributed by atoms with Crippen molar-refractivity contribution in [1.29, 1.82) is 0 Å². The molecule has 1 aliphatic carbocycles. The number of nitrogens with zero attached hydrogens (tertiary/aromatic N) is 1. The van der Waals surface area contributed by atoms with Crippen LogP contribution in [-0.4, -0.2) is 48.8 Å². The van der Waals surface area contributed by atoms with Gasteiger partial charge in [-0.05, 0) is 52.9 Å². The van der Waals surface area contributed by atoms with Crippen molar-refractivity contribution < 1.29 is 17.9 Å². The van der Waals surface area contributed by atoms with Crippen LogP contribution in [0.3, 0.4) is 0 Å². The molecule has 0 bridgehead atoms. The molecule has 1 saturated heterocycles. The molecule has 2 aliphatic rings. The number of ether oxygens (including phenoxy) is 1. The summed E-state index contributed by atoms with van der Waals surface area (Å²) in [5.41, 5.74) is -0.495. The van der Waals surface area contributed by atoms with Crippen LogP contribution in [0.4, 0.5) is 4.79 Å². The Hall–Kier alpha value is -0.820. The molecule has 0 aromatic carbocycles. The summed E-state index contributed by atoms with van der Waals surface area (Å²) in [5, 5.41) is 2.88. The van der Waals surface area contributed by atoms with E-state index < -0.39 is 15.6 Å². The first-order valence-corrected chi connectivity index (χ1v) is 9.27. The molecule has 1 amide bonds. The zero-order valence-corrected chi connectivity index (χ0v) is 13.9. The Bertz CT molecular complexity index is 476. The van der Waals surface area contributed by atoms with E-state index in [9.17, 15) is 13.2 Å². The summed E-state index contributed by atoms with van der Waals surface area (Å²) >= 11 is 0. The van der Waals surface area contributed by atoms with E-state index in [1.165, 1.54) is 0 Å². The zero-order chi connectivity index (χ0) is 15.7. The van der Waals surface area contributed by atoms with Crippen LogP contribution >= 0.6 is 0 Å². The Morgan fingerprint density at radius 3 is 2.29 bits per heavy atom. The highest BCUT2D eigenvalue weighted by Gasteiger charge is 2.36. The van der Waals surface area contributed by atoms with Gasteiger partial charge in [0.05, 0.1) is 5.75 Å². The SMILES string of the molecule is CC(C)(C)OC(=O)N[C@H]1CC[C@H](N2CCCS2(=O)=O)CC1. The van der Waals surface area contributed by atoms with Gasteiger partial charge in [0.15, 0.2) is 0 Å². The third kappa shape index (κ3) is 4.57. The fourth-order valence-electron chi connectivity index (χ4n) is 3.05. The average molecular weight is 318 g/mol. The van der Waals surface area contributed by atoms with E-state index >= 15 is 0 Å². The van der Waals surface area contributed by atoms with Gasteiger partial charge in [-0.1, -0.05) is 0 Å². The minimum Gasteiger partial charge on any atom is -0.444 e. The molecule has 1 N–H and O–H groups in total. The van der Waals surface area contributed by atoms with Crippen LogP contribution in [0, 0.1) is 0 Å². The number of amides is 1. The maximum atomic E-state index is 11.9. The first kappa shape index (κ1) is 16.5. The minimum absolute atomic E-state index is 0.0846. The zero-order valence-electron chi connectivity index (χ0n) is 13.1. The monoisotopic (exact) mass is 318 g/mol. The number of carbonyl (C=O) groups excluding carboxylic acids is 1. The van der Waals surface area contributed by atoms with Crippen LogP contribution in [0.5, 0.6) is 0 Å². The predicted octanol–water partition coefficient (Wildman–Crippen LogP) is 1.86. The molecule has 0 atom stereocenters. The molecule has 0 unspecified atom stereocenters. The Kier molecular flexibility index (Phi) is 4.82. The maximum Gasteiger partial charge on any atom is 0.407 e. The lowest BCUT2D eigenvalue weighted by Gasteiger charge is -2.34. The molecule has 7 heteroatoms. The Labute approximate surface area is 127 Å². The smallest absolute Gasteiger partial charge is 0.407 e. The largest absolute Gasteiger partial charge is 0.444 e. The van der Waals surface area contributed by atoms with E-state index in [0.717, 1.165) is 32.1 Å². The number of rotatable bonds is 2. The lowest BCUT2D eigenvalue weighted by Crippen LogP contribution is -2.45. The van der Waals surface area contributed by atoms with Crippen molar-refractivity contribution >= 4 is 16.1 Å². The van der Waals surface area contributed by atoms with E-state index in [0.29, 0.717) is 6.54 Å². The topological polar surface area (TPSA) is 75.7 Å². The van der Waals surface area contributed by atoms with Gasteiger partial charge in [0, 0.05) is 18.6 Å². The van der Waals surface area contributed by atoms with E-state index in [-0.39, 0.29) is 23.9 Å². The van der Waals surface area contributed by atoms with Crippen molar-refractivity contribution in [1.82, 2.24) is 9.62 Å². The molecule has 2 rings (SSSR count). The van der Waals surface area contributed by atoms with Gasteiger partial charge >= 0.3 is 6.09 Å². The summed E-state index contributed by atoms with van der Waals surface area (Å²) in [4.78, 5) is 11.7. The molecule has 0 spiro atoms. The minimum atomic E-state index is -3.03. The Balaban J connectivity index is 1.80. The third-order valence-corrected chi connectivity index (χ3v) is 5.96. The summed E-state index contributed by atoms with van der Waals surface area (Å²) in [5.74, 6) is 0.281. The van der Waals surface area contributed by atoms with Gasteiger partial charge in [-0.15, -0.1) is 0 Å². The number of carbonyl (C=O) groups is 1. The van der Waals surface area contributed by atoms with E-state index in [1.54, 1.807) is 4.31 Å². The molecule has 1 saturated carbocycles. The number of hydrogen-bond acceptors (Lipinski definition) is 4. The molecule has 21 heavy (non-hydrogen) atoms. The van der Waals surface area contributed by atoms with Gasteiger partial charge in [-0.2, -0.15) is 4.31 Å². The number of sulfonamides is 1. The molecule has 1 aliphatic heterocycles. The van der Waals surface area contributed by atoms with E-state index in [2.05, 4.69) is 5.32 Å². The van der Waals surface area contributed by atoms with Crippen molar-refractivity contribution in [3.63, 3.8) is 0 Å². The number of hydrogen-bond donors (Lipinski definition) is 1. The van der Waals surface area contributed by atoms with Crippen LogP contribution in [0.1, 0.15) is 52.9 Å².